The molecule has 0 N–H and O–H groups in total. The van der Waals surface area contributed by atoms with Crippen LogP contribution in [0.3, 0.4) is 0 Å². The van der Waals surface area contributed by atoms with Crippen LogP contribution in [0.1, 0.15) is 77.7 Å². The summed E-state index contributed by atoms with van der Waals surface area (Å²) in [4.78, 5) is 26.9. The quantitative estimate of drug-likeness (QED) is 0.110. The van der Waals surface area contributed by atoms with Crippen LogP contribution in [0.2, 0.25) is 0 Å². The van der Waals surface area contributed by atoms with Crippen molar-refractivity contribution >= 4 is 5.91 Å². The van der Waals surface area contributed by atoms with E-state index in [0.717, 1.165) is 31.4 Å². The summed E-state index contributed by atoms with van der Waals surface area (Å²) in [6, 6.07) is 5.01. The van der Waals surface area contributed by atoms with Crippen molar-refractivity contribution < 1.29 is 32.6 Å². The molecule has 1 fully saturated rings. The zero-order chi connectivity index (χ0) is 28.8. The fourth-order valence-electron chi connectivity index (χ4n) is 3.55. The van der Waals surface area contributed by atoms with Gasteiger partial charge in [-0.25, -0.2) is 0 Å². The monoisotopic (exact) mass is 544 g/mol. The van der Waals surface area contributed by atoms with Crippen molar-refractivity contribution in [2.75, 3.05) is 26.8 Å². The van der Waals surface area contributed by atoms with E-state index in [2.05, 4.69) is 17.0 Å². The van der Waals surface area contributed by atoms with E-state index in [9.17, 15) is 28.1 Å². The fraction of sp³-hybridized carbons (Fsp3) is 0.607. The van der Waals surface area contributed by atoms with Gasteiger partial charge in [-0.3, -0.25) is 4.79 Å². The Hall–Kier alpha value is -3.04. The van der Waals surface area contributed by atoms with Crippen LogP contribution in [0.4, 0.5) is 13.2 Å². The molecule has 1 aliphatic rings. The highest BCUT2D eigenvalue weighted by atomic mass is 19.4. The number of halogens is 3. The molecule has 1 aromatic rings. The number of amides is 1. The molecule has 1 amide bonds. The smallest absolute Gasteiger partial charge is 0.416 e. The molecule has 0 aliphatic heterocycles. The second kappa shape index (κ2) is 21.0. The van der Waals surface area contributed by atoms with Gasteiger partial charge in [0.15, 0.2) is 0 Å². The average Bonchev–Trinajstić information content (AvgIpc) is 3.41. The van der Waals surface area contributed by atoms with Crippen LogP contribution in [-0.4, -0.2) is 42.7 Å². The van der Waals surface area contributed by atoms with Crippen LogP contribution in [0.5, 0.6) is 5.75 Å². The number of likely N-dealkylation sites (N-methyl/N-ethyl adjacent to an activating group) is 1. The maximum absolute atomic E-state index is 12.5. The van der Waals surface area contributed by atoms with Gasteiger partial charge in [-0.15, -0.1) is 10.1 Å². The van der Waals surface area contributed by atoms with E-state index in [1.807, 2.05) is 32.9 Å². The number of carbonyl (C=O) groups excluding carboxylic acids is 1. The summed E-state index contributed by atoms with van der Waals surface area (Å²) in [5.41, 5.74) is -0.670. The third-order valence-electron chi connectivity index (χ3n) is 5.57. The van der Waals surface area contributed by atoms with Crippen LogP contribution in [-0.2, 0) is 15.8 Å². The number of rotatable bonds is 13. The fourth-order valence-corrected chi connectivity index (χ4v) is 3.55. The lowest BCUT2D eigenvalue weighted by Gasteiger charge is -2.15. The molecule has 0 saturated heterocycles. The van der Waals surface area contributed by atoms with Crippen molar-refractivity contribution in [2.24, 2.45) is 5.92 Å². The molecule has 7 nitrogen and oxygen atoms in total. The van der Waals surface area contributed by atoms with E-state index in [1.54, 1.807) is 13.1 Å². The SMILES string of the molecule is C/C=C\CCCC(=O)N(C)CCO[N+](=O)[O-].CC.FC(F)(F)c1cccc(OCC/C=C/C2CCCC2)c1. The van der Waals surface area contributed by atoms with Crippen LogP contribution in [0.25, 0.3) is 0 Å². The summed E-state index contributed by atoms with van der Waals surface area (Å²) in [6.07, 6.45) is 11.9. The topological polar surface area (TPSA) is 81.9 Å². The molecule has 1 aromatic carbocycles. The summed E-state index contributed by atoms with van der Waals surface area (Å²) >= 11 is 0. The first kappa shape index (κ1) is 35.0. The second-order valence-electron chi connectivity index (χ2n) is 8.47. The lowest BCUT2D eigenvalue weighted by atomic mass is 10.1. The Kier molecular flexibility index (Phi) is 19.3. The zero-order valence-electron chi connectivity index (χ0n) is 23.0. The van der Waals surface area contributed by atoms with Gasteiger partial charge in [0.05, 0.1) is 12.2 Å². The summed E-state index contributed by atoms with van der Waals surface area (Å²) < 4.78 is 42.9. The number of allylic oxidation sites excluding steroid dienone is 3. The molecule has 1 saturated carbocycles. The highest BCUT2D eigenvalue weighted by Crippen LogP contribution is 2.31. The molecule has 0 unspecified atom stereocenters. The largest absolute Gasteiger partial charge is 0.493 e. The van der Waals surface area contributed by atoms with Crippen molar-refractivity contribution in [3.63, 3.8) is 0 Å². The van der Waals surface area contributed by atoms with Gasteiger partial charge in [0.25, 0.3) is 5.09 Å². The van der Waals surface area contributed by atoms with E-state index < -0.39 is 16.8 Å². The minimum Gasteiger partial charge on any atom is -0.493 e. The minimum atomic E-state index is -4.32. The first-order chi connectivity index (χ1) is 18.1. The molecular weight excluding hydrogens is 501 g/mol. The number of alkyl halides is 3. The number of ether oxygens (including phenoxy) is 1. The van der Waals surface area contributed by atoms with Gasteiger partial charge >= 0.3 is 6.18 Å². The van der Waals surface area contributed by atoms with Crippen molar-refractivity contribution in [2.45, 2.75) is 78.3 Å². The predicted octanol–water partition coefficient (Wildman–Crippen LogP) is 7.65. The molecule has 10 heteroatoms. The number of nitrogens with zero attached hydrogens (tertiary/aromatic N) is 2. The molecule has 0 atom stereocenters. The van der Waals surface area contributed by atoms with Gasteiger partial charge in [0, 0.05) is 20.0 Å². The van der Waals surface area contributed by atoms with E-state index in [0.29, 0.717) is 18.9 Å². The Labute approximate surface area is 224 Å². The number of carbonyl (C=O) groups is 1. The molecule has 0 heterocycles. The van der Waals surface area contributed by atoms with E-state index >= 15 is 0 Å². The van der Waals surface area contributed by atoms with Gasteiger partial charge in [0.1, 0.15) is 12.4 Å². The van der Waals surface area contributed by atoms with Crippen molar-refractivity contribution in [3.8, 4) is 5.75 Å². The van der Waals surface area contributed by atoms with Crippen molar-refractivity contribution in [3.05, 3.63) is 64.2 Å². The van der Waals surface area contributed by atoms with E-state index in [4.69, 9.17) is 4.74 Å². The number of benzene rings is 1. The number of unbranched alkanes of at least 4 members (excludes halogenated alkanes) is 1. The molecule has 0 bridgehead atoms. The zero-order valence-corrected chi connectivity index (χ0v) is 23.0. The van der Waals surface area contributed by atoms with Crippen LogP contribution >= 0.6 is 0 Å². The maximum atomic E-state index is 12.5. The van der Waals surface area contributed by atoms with E-state index in [-0.39, 0.29) is 24.8 Å². The lowest BCUT2D eigenvalue weighted by molar-refractivity contribution is -0.757. The Morgan fingerprint density at radius 2 is 1.84 bits per heavy atom. The molecule has 2 rings (SSSR count). The van der Waals surface area contributed by atoms with Crippen molar-refractivity contribution in [1.29, 1.82) is 0 Å². The number of hydrogen-bond donors (Lipinski definition) is 0. The molecule has 216 valence electrons. The standard InChI is InChI=1S/C16H19F3O.C10H18N2O4.C2H6/c17-16(18,19)14-9-5-10-15(12-14)20-11-4-3-8-13-6-1-2-7-13;1-3-4-5-6-7-10(13)11(2)8-9-16-12(14)15;1-2/h3,5,8-10,12-13H,1-2,4,6-7,11H2;3-4H,5-9H2,1-2H3;1-2H3/b8-3+;4-3-;. The Morgan fingerprint density at radius 3 is 2.45 bits per heavy atom. The van der Waals surface area contributed by atoms with Crippen LogP contribution < -0.4 is 4.74 Å². The van der Waals surface area contributed by atoms with Gasteiger partial charge in [0.2, 0.25) is 5.91 Å². The first-order valence-electron chi connectivity index (χ1n) is 13.2. The molecular formula is C28H43F3N2O5. The van der Waals surface area contributed by atoms with Crippen LogP contribution in [0.15, 0.2) is 48.6 Å². The maximum Gasteiger partial charge on any atom is 0.416 e. The van der Waals surface area contributed by atoms with Gasteiger partial charge in [-0.05, 0) is 63.1 Å². The molecule has 38 heavy (non-hydrogen) atoms. The Balaban J connectivity index is 0.000000694. The van der Waals surface area contributed by atoms with E-state index in [1.165, 1.54) is 36.6 Å². The first-order valence-corrected chi connectivity index (χ1v) is 13.2. The molecule has 1 aliphatic carbocycles. The third-order valence-corrected chi connectivity index (χ3v) is 5.57. The summed E-state index contributed by atoms with van der Waals surface area (Å²) in [7, 11) is 1.61. The van der Waals surface area contributed by atoms with Gasteiger partial charge in [-0.1, -0.05) is 57.1 Å². The molecule has 0 radical (unpaired) electrons. The average molecular weight is 545 g/mol. The minimum absolute atomic E-state index is 0.0172. The highest BCUT2D eigenvalue weighted by molar-refractivity contribution is 5.75. The van der Waals surface area contributed by atoms with Gasteiger partial charge < -0.3 is 14.5 Å². The Bertz CT molecular complexity index is 838. The second-order valence-corrected chi connectivity index (χ2v) is 8.47. The normalized spacial score (nSPS) is 13.4. The van der Waals surface area contributed by atoms with Gasteiger partial charge in [-0.2, -0.15) is 13.2 Å². The summed E-state index contributed by atoms with van der Waals surface area (Å²) in [5.74, 6) is 0.939. The summed E-state index contributed by atoms with van der Waals surface area (Å²) in [6.45, 7) is 6.50. The molecule has 0 spiro atoms. The van der Waals surface area contributed by atoms with Crippen LogP contribution in [0, 0.1) is 16.0 Å². The molecule has 0 aromatic heterocycles. The number of hydrogen-bond acceptors (Lipinski definition) is 5. The third kappa shape index (κ3) is 17.4. The lowest BCUT2D eigenvalue weighted by Crippen LogP contribution is -2.30. The van der Waals surface area contributed by atoms with Crippen molar-refractivity contribution in [1.82, 2.24) is 4.90 Å². The summed E-state index contributed by atoms with van der Waals surface area (Å²) in [5, 5.41) is 9.01. The highest BCUT2D eigenvalue weighted by Gasteiger charge is 2.30. The predicted molar refractivity (Wildman–Crippen MR) is 143 cm³/mol. The Morgan fingerprint density at radius 1 is 1.16 bits per heavy atom.